The molecule has 0 bridgehead atoms. The van der Waals surface area contributed by atoms with Crippen molar-refractivity contribution in [2.75, 3.05) is 6.54 Å². The highest BCUT2D eigenvalue weighted by molar-refractivity contribution is 5.81. The summed E-state index contributed by atoms with van der Waals surface area (Å²) in [5, 5.41) is 0. The zero-order valence-electron chi connectivity index (χ0n) is 7.55. The Balaban J connectivity index is 2.20. The molecule has 2 aliphatic rings. The van der Waals surface area contributed by atoms with Gasteiger partial charge in [-0.2, -0.15) is 0 Å². The molecule has 1 saturated heterocycles. The quantitative estimate of drug-likeness (QED) is 0.537. The fraction of sp³-hybridized carbons (Fsp3) is 0.700. The number of piperidine rings is 1. The van der Waals surface area contributed by atoms with Crippen molar-refractivity contribution in [3.8, 4) is 0 Å². The van der Waals surface area contributed by atoms with Crippen LogP contribution in [0.5, 0.6) is 0 Å². The molecule has 0 N–H and O–H groups in total. The molecule has 1 atom stereocenters. The van der Waals surface area contributed by atoms with Gasteiger partial charge in [0.2, 0.25) is 5.91 Å². The Hall–Kier alpha value is -0.790. The van der Waals surface area contributed by atoms with E-state index in [1.165, 1.54) is 5.70 Å². The monoisotopic (exact) mass is 165 g/mol. The SMILES string of the molecule is CC1CCC2=CCCCN2C1=O. The van der Waals surface area contributed by atoms with E-state index >= 15 is 0 Å². The molecule has 2 aliphatic heterocycles. The molecular formula is C10H15NO. The second-order valence-corrected chi connectivity index (χ2v) is 3.77. The van der Waals surface area contributed by atoms with Crippen molar-refractivity contribution >= 4 is 5.91 Å². The van der Waals surface area contributed by atoms with Crippen LogP contribution in [0.4, 0.5) is 0 Å². The largest absolute Gasteiger partial charge is 0.316 e. The van der Waals surface area contributed by atoms with Gasteiger partial charge in [-0.15, -0.1) is 0 Å². The van der Waals surface area contributed by atoms with Crippen molar-refractivity contribution in [1.29, 1.82) is 0 Å². The molecule has 0 aromatic carbocycles. The Bertz CT molecular complexity index is 232. The van der Waals surface area contributed by atoms with Gasteiger partial charge in [-0.05, 0) is 25.7 Å². The van der Waals surface area contributed by atoms with Crippen LogP contribution in [-0.4, -0.2) is 17.4 Å². The highest BCUT2D eigenvalue weighted by Crippen LogP contribution is 2.28. The molecule has 1 amide bonds. The number of hydrogen-bond acceptors (Lipinski definition) is 1. The van der Waals surface area contributed by atoms with Crippen LogP contribution in [0, 0.1) is 5.92 Å². The number of amides is 1. The summed E-state index contributed by atoms with van der Waals surface area (Å²) in [6.45, 7) is 2.99. The minimum Gasteiger partial charge on any atom is -0.316 e. The minimum atomic E-state index is 0.250. The average Bonchev–Trinajstić information content (AvgIpc) is 2.12. The Kier molecular flexibility index (Phi) is 1.91. The lowest BCUT2D eigenvalue weighted by Crippen LogP contribution is -2.40. The zero-order chi connectivity index (χ0) is 8.55. The summed E-state index contributed by atoms with van der Waals surface area (Å²) < 4.78 is 0. The molecule has 1 unspecified atom stereocenters. The summed E-state index contributed by atoms with van der Waals surface area (Å²) >= 11 is 0. The normalized spacial score (nSPS) is 29.8. The summed E-state index contributed by atoms with van der Waals surface area (Å²) in [6.07, 6.45) is 6.68. The van der Waals surface area contributed by atoms with Crippen LogP contribution in [-0.2, 0) is 4.79 Å². The van der Waals surface area contributed by atoms with E-state index in [1.54, 1.807) is 0 Å². The first-order chi connectivity index (χ1) is 5.79. The number of carbonyl (C=O) groups excluding carboxylic acids is 1. The highest BCUT2D eigenvalue weighted by atomic mass is 16.2. The number of carbonyl (C=O) groups is 1. The third-order valence-electron chi connectivity index (χ3n) is 2.83. The van der Waals surface area contributed by atoms with Gasteiger partial charge in [-0.3, -0.25) is 4.79 Å². The van der Waals surface area contributed by atoms with Crippen molar-refractivity contribution in [2.45, 2.75) is 32.6 Å². The molecule has 0 spiro atoms. The van der Waals surface area contributed by atoms with Crippen LogP contribution in [0.3, 0.4) is 0 Å². The summed E-state index contributed by atoms with van der Waals surface area (Å²) in [5.74, 6) is 0.590. The van der Waals surface area contributed by atoms with Gasteiger partial charge in [0.25, 0.3) is 0 Å². The van der Waals surface area contributed by atoms with Gasteiger partial charge >= 0.3 is 0 Å². The number of nitrogens with zero attached hydrogens (tertiary/aromatic N) is 1. The fourth-order valence-corrected chi connectivity index (χ4v) is 2.01. The Labute approximate surface area is 73.2 Å². The second-order valence-electron chi connectivity index (χ2n) is 3.77. The molecule has 12 heavy (non-hydrogen) atoms. The predicted molar refractivity (Wildman–Crippen MR) is 47.4 cm³/mol. The van der Waals surface area contributed by atoms with Gasteiger partial charge in [-0.1, -0.05) is 13.0 Å². The molecule has 2 nitrogen and oxygen atoms in total. The molecule has 0 saturated carbocycles. The van der Waals surface area contributed by atoms with Crippen LogP contribution in [0.1, 0.15) is 32.6 Å². The fourth-order valence-electron chi connectivity index (χ4n) is 2.01. The number of allylic oxidation sites excluding steroid dienone is 2. The lowest BCUT2D eigenvalue weighted by molar-refractivity contribution is -0.135. The van der Waals surface area contributed by atoms with E-state index in [1.807, 2.05) is 11.8 Å². The molecule has 2 heterocycles. The number of hydrogen-bond donors (Lipinski definition) is 0. The van der Waals surface area contributed by atoms with Crippen molar-refractivity contribution in [2.24, 2.45) is 5.92 Å². The standard InChI is InChI=1S/C10H15NO/c1-8-5-6-9-4-2-3-7-11(9)10(8)12/h4,8H,2-3,5-7H2,1H3. The van der Waals surface area contributed by atoms with Crippen LogP contribution < -0.4 is 0 Å². The predicted octanol–water partition coefficient (Wildman–Crippen LogP) is 1.92. The first-order valence-corrected chi connectivity index (χ1v) is 4.79. The Morgan fingerprint density at radius 2 is 2.42 bits per heavy atom. The van der Waals surface area contributed by atoms with E-state index in [0.29, 0.717) is 5.91 Å². The van der Waals surface area contributed by atoms with Crippen LogP contribution in [0.15, 0.2) is 11.8 Å². The first kappa shape index (κ1) is 7.84. The summed E-state index contributed by atoms with van der Waals surface area (Å²) in [6, 6.07) is 0. The molecule has 0 radical (unpaired) electrons. The van der Waals surface area contributed by atoms with Crippen molar-refractivity contribution in [3.63, 3.8) is 0 Å². The van der Waals surface area contributed by atoms with E-state index in [2.05, 4.69) is 6.08 Å². The summed E-state index contributed by atoms with van der Waals surface area (Å²) in [7, 11) is 0. The maximum absolute atomic E-state index is 11.6. The van der Waals surface area contributed by atoms with E-state index in [-0.39, 0.29) is 5.92 Å². The summed E-state index contributed by atoms with van der Waals surface area (Å²) in [4.78, 5) is 13.6. The zero-order valence-corrected chi connectivity index (χ0v) is 7.55. The average molecular weight is 165 g/mol. The van der Waals surface area contributed by atoms with Gasteiger partial charge in [0.05, 0.1) is 0 Å². The van der Waals surface area contributed by atoms with Crippen LogP contribution >= 0.6 is 0 Å². The van der Waals surface area contributed by atoms with Gasteiger partial charge < -0.3 is 4.90 Å². The molecule has 2 rings (SSSR count). The van der Waals surface area contributed by atoms with Crippen molar-refractivity contribution < 1.29 is 4.79 Å². The topological polar surface area (TPSA) is 20.3 Å². The molecule has 2 heteroatoms. The van der Waals surface area contributed by atoms with Crippen molar-refractivity contribution in [1.82, 2.24) is 4.90 Å². The van der Waals surface area contributed by atoms with Gasteiger partial charge in [-0.25, -0.2) is 0 Å². The molecule has 1 fully saturated rings. The summed E-state index contributed by atoms with van der Waals surface area (Å²) in [5.41, 5.74) is 1.28. The lowest BCUT2D eigenvalue weighted by Gasteiger charge is -2.35. The van der Waals surface area contributed by atoms with E-state index in [0.717, 1.165) is 32.2 Å². The van der Waals surface area contributed by atoms with E-state index in [4.69, 9.17) is 0 Å². The Morgan fingerprint density at radius 1 is 1.58 bits per heavy atom. The first-order valence-electron chi connectivity index (χ1n) is 4.79. The molecule has 66 valence electrons. The van der Waals surface area contributed by atoms with E-state index in [9.17, 15) is 4.79 Å². The third kappa shape index (κ3) is 1.15. The third-order valence-corrected chi connectivity index (χ3v) is 2.83. The molecule has 0 aromatic rings. The number of rotatable bonds is 0. The van der Waals surface area contributed by atoms with Gasteiger partial charge in [0.15, 0.2) is 0 Å². The highest BCUT2D eigenvalue weighted by Gasteiger charge is 2.29. The maximum Gasteiger partial charge on any atom is 0.229 e. The minimum absolute atomic E-state index is 0.250. The molecular weight excluding hydrogens is 150 g/mol. The lowest BCUT2D eigenvalue weighted by atomic mass is 9.94. The van der Waals surface area contributed by atoms with Gasteiger partial charge in [0.1, 0.15) is 0 Å². The second kappa shape index (κ2) is 2.92. The smallest absolute Gasteiger partial charge is 0.229 e. The van der Waals surface area contributed by atoms with Gasteiger partial charge in [0, 0.05) is 18.2 Å². The van der Waals surface area contributed by atoms with Crippen molar-refractivity contribution in [3.05, 3.63) is 11.8 Å². The number of fused-ring (bicyclic) bond motifs is 1. The maximum atomic E-state index is 11.6. The van der Waals surface area contributed by atoms with E-state index < -0.39 is 0 Å². The molecule has 0 aliphatic carbocycles. The Morgan fingerprint density at radius 3 is 3.25 bits per heavy atom. The van der Waals surface area contributed by atoms with Crippen LogP contribution in [0.25, 0.3) is 0 Å². The molecule has 0 aromatic heterocycles. The van der Waals surface area contributed by atoms with Crippen LogP contribution in [0.2, 0.25) is 0 Å².